The Balaban J connectivity index is 1.55. The molecule has 1 unspecified atom stereocenters. The Morgan fingerprint density at radius 2 is 2.13 bits per heavy atom. The van der Waals surface area contributed by atoms with Crippen LogP contribution in [0.3, 0.4) is 0 Å². The van der Waals surface area contributed by atoms with Gasteiger partial charge in [-0.2, -0.15) is 4.80 Å². The minimum absolute atomic E-state index is 0.114. The summed E-state index contributed by atoms with van der Waals surface area (Å²) >= 11 is 0. The molecule has 0 spiro atoms. The van der Waals surface area contributed by atoms with E-state index in [1.165, 1.54) is 22.0 Å². The van der Waals surface area contributed by atoms with Gasteiger partial charge >= 0.3 is 6.09 Å². The Labute approximate surface area is 170 Å². The molecule has 2 amide bonds. The minimum atomic E-state index is -0.677. The number of aromatic nitrogens is 5. The highest BCUT2D eigenvalue weighted by Crippen LogP contribution is 2.30. The number of amides is 2. The number of nitrogens with zero attached hydrogens (tertiary/aromatic N) is 6. The van der Waals surface area contributed by atoms with Gasteiger partial charge in [-0.25, -0.2) is 9.18 Å². The van der Waals surface area contributed by atoms with Crippen molar-refractivity contribution in [1.29, 1.82) is 0 Å². The Morgan fingerprint density at radius 1 is 1.33 bits per heavy atom. The van der Waals surface area contributed by atoms with Gasteiger partial charge in [0.05, 0.1) is 25.2 Å². The SMILES string of the molecule is C[C@H](C(N)=O)C1CN(c2ccc(-c3ccc(-c4nnn(C)n4)nc3)c(F)c2)C(=O)O1. The van der Waals surface area contributed by atoms with Crippen LogP contribution in [0.2, 0.25) is 0 Å². The van der Waals surface area contributed by atoms with Crippen molar-refractivity contribution in [2.45, 2.75) is 13.0 Å². The van der Waals surface area contributed by atoms with E-state index < -0.39 is 29.8 Å². The number of cyclic esters (lactones) is 1. The molecule has 11 heteroatoms. The number of carbonyl (C=O) groups is 2. The van der Waals surface area contributed by atoms with Crippen LogP contribution in [0.1, 0.15) is 6.92 Å². The van der Waals surface area contributed by atoms with Crippen molar-refractivity contribution in [1.82, 2.24) is 25.2 Å². The molecule has 3 aromatic rings. The average Bonchev–Trinajstić information content (AvgIpc) is 3.33. The highest BCUT2D eigenvalue weighted by Gasteiger charge is 2.37. The summed E-state index contributed by atoms with van der Waals surface area (Å²) in [6.45, 7) is 1.70. The van der Waals surface area contributed by atoms with Crippen LogP contribution in [0.25, 0.3) is 22.6 Å². The van der Waals surface area contributed by atoms with E-state index in [4.69, 9.17) is 10.5 Å². The molecule has 2 N–H and O–H groups in total. The number of anilines is 1. The lowest BCUT2D eigenvalue weighted by Crippen LogP contribution is -2.34. The van der Waals surface area contributed by atoms with Crippen LogP contribution in [-0.4, -0.2) is 49.8 Å². The first-order valence-electron chi connectivity index (χ1n) is 9.11. The van der Waals surface area contributed by atoms with Crippen LogP contribution < -0.4 is 10.6 Å². The average molecular weight is 411 g/mol. The van der Waals surface area contributed by atoms with Gasteiger partial charge in [0.1, 0.15) is 17.6 Å². The molecule has 1 aliphatic rings. The van der Waals surface area contributed by atoms with Gasteiger partial charge in [0.2, 0.25) is 11.7 Å². The maximum atomic E-state index is 14.8. The van der Waals surface area contributed by atoms with Crippen LogP contribution in [0.4, 0.5) is 14.9 Å². The van der Waals surface area contributed by atoms with Crippen molar-refractivity contribution in [3.05, 3.63) is 42.3 Å². The zero-order valence-corrected chi connectivity index (χ0v) is 16.2. The van der Waals surface area contributed by atoms with Crippen LogP contribution in [0, 0.1) is 11.7 Å². The maximum Gasteiger partial charge on any atom is 0.414 e. The smallest absolute Gasteiger partial charge is 0.414 e. The summed E-state index contributed by atoms with van der Waals surface area (Å²) in [4.78, 5) is 30.4. The number of aryl methyl sites for hydroxylation is 1. The van der Waals surface area contributed by atoms with Gasteiger partial charge in [0.25, 0.3) is 0 Å². The first kappa shape index (κ1) is 19.4. The number of hydrogen-bond acceptors (Lipinski definition) is 7. The van der Waals surface area contributed by atoms with E-state index in [1.54, 1.807) is 38.2 Å². The largest absolute Gasteiger partial charge is 0.443 e. The van der Waals surface area contributed by atoms with E-state index in [1.807, 2.05) is 0 Å². The van der Waals surface area contributed by atoms with Gasteiger partial charge in [0.15, 0.2) is 0 Å². The fourth-order valence-electron chi connectivity index (χ4n) is 3.12. The zero-order chi connectivity index (χ0) is 21.4. The van der Waals surface area contributed by atoms with Gasteiger partial charge in [-0.3, -0.25) is 14.7 Å². The topological polar surface area (TPSA) is 129 Å². The van der Waals surface area contributed by atoms with E-state index in [0.717, 1.165) is 0 Å². The maximum absolute atomic E-state index is 14.8. The summed E-state index contributed by atoms with van der Waals surface area (Å²) in [5, 5.41) is 11.7. The predicted octanol–water partition coefficient (Wildman–Crippen LogP) is 1.52. The lowest BCUT2D eigenvalue weighted by molar-refractivity contribution is -0.123. The summed E-state index contributed by atoms with van der Waals surface area (Å²) in [6, 6.07) is 7.78. The van der Waals surface area contributed by atoms with Gasteiger partial charge in [-0.05, 0) is 36.4 Å². The number of pyridine rings is 1. The second-order valence-corrected chi connectivity index (χ2v) is 6.92. The van der Waals surface area contributed by atoms with Gasteiger partial charge in [-0.15, -0.1) is 10.2 Å². The summed E-state index contributed by atoms with van der Waals surface area (Å²) in [5.41, 5.74) is 6.99. The first-order valence-corrected chi connectivity index (χ1v) is 9.11. The van der Waals surface area contributed by atoms with Gasteiger partial charge in [0, 0.05) is 17.3 Å². The summed E-state index contributed by atoms with van der Waals surface area (Å²) < 4.78 is 20.0. The minimum Gasteiger partial charge on any atom is -0.443 e. The molecule has 0 radical (unpaired) electrons. The molecule has 3 heterocycles. The third-order valence-corrected chi connectivity index (χ3v) is 4.92. The molecule has 1 saturated heterocycles. The summed E-state index contributed by atoms with van der Waals surface area (Å²) in [5.74, 6) is -1.37. The Bertz CT molecular complexity index is 1120. The molecule has 0 saturated carbocycles. The third-order valence-electron chi connectivity index (χ3n) is 4.92. The number of ether oxygens (including phenoxy) is 1. The van der Waals surface area contributed by atoms with E-state index in [0.29, 0.717) is 28.3 Å². The van der Waals surface area contributed by atoms with Gasteiger partial charge < -0.3 is 10.5 Å². The standard InChI is InChI=1S/C19H18FN7O3/c1-10(17(21)28)16-9-27(19(29)30-16)12-4-5-13(14(20)7-12)11-3-6-15(22-8-11)18-23-25-26(2)24-18/h3-8,10,16H,9H2,1-2H3,(H2,21,28)/t10-,16?/m0/s1. The van der Waals surface area contributed by atoms with Crippen molar-refractivity contribution in [3.63, 3.8) is 0 Å². The molecule has 1 aliphatic heterocycles. The van der Waals surface area contributed by atoms with Crippen LogP contribution in [0.5, 0.6) is 0 Å². The van der Waals surface area contributed by atoms with E-state index >= 15 is 0 Å². The highest BCUT2D eigenvalue weighted by molar-refractivity contribution is 5.91. The van der Waals surface area contributed by atoms with Crippen molar-refractivity contribution in [2.75, 3.05) is 11.4 Å². The molecule has 0 aliphatic carbocycles. The molecule has 2 atom stereocenters. The lowest BCUT2D eigenvalue weighted by Gasteiger charge is -2.15. The fraction of sp³-hybridized carbons (Fsp3) is 0.263. The quantitative estimate of drug-likeness (QED) is 0.674. The van der Waals surface area contributed by atoms with Gasteiger partial charge in [-0.1, -0.05) is 6.07 Å². The number of hydrogen-bond donors (Lipinski definition) is 1. The Morgan fingerprint density at radius 3 is 2.73 bits per heavy atom. The number of benzene rings is 1. The molecule has 10 nitrogen and oxygen atoms in total. The van der Waals surface area contributed by atoms with Crippen molar-refractivity contribution >= 4 is 17.7 Å². The number of nitrogens with two attached hydrogens (primary N) is 1. The van der Waals surface area contributed by atoms with Crippen LogP contribution >= 0.6 is 0 Å². The molecule has 4 rings (SSSR count). The van der Waals surface area contributed by atoms with Crippen LogP contribution in [0.15, 0.2) is 36.5 Å². The number of carbonyl (C=O) groups excluding carboxylic acids is 2. The predicted molar refractivity (Wildman–Crippen MR) is 103 cm³/mol. The van der Waals surface area contributed by atoms with Crippen molar-refractivity contribution in [2.24, 2.45) is 18.7 Å². The summed E-state index contributed by atoms with van der Waals surface area (Å²) in [7, 11) is 1.65. The molecular formula is C19H18FN7O3. The molecule has 0 bridgehead atoms. The van der Waals surface area contributed by atoms with Crippen LogP contribution in [-0.2, 0) is 16.6 Å². The summed E-state index contributed by atoms with van der Waals surface area (Å²) in [6.07, 6.45) is 0.185. The number of primary amides is 1. The molecule has 30 heavy (non-hydrogen) atoms. The fourth-order valence-corrected chi connectivity index (χ4v) is 3.12. The zero-order valence-electron chi connectivity index (χ0n) is 16.2. The second kappa shape index (κ2) is 7.50. The molecule has 2 aromatic heterocycles. The molecule has 154 valence electrons. The van der Waals surface area contributed by atoms with Crippen molar-refractivity contribution in [3.8, 4) is 22.6 Å². The number of halogens is 1. The van der Waals surface area contributed by atoms with E-state index in [-0.39, 0.29) is 6.54 Å². The number of tetrazole rings is 1. The Kier molecular flexibility index (Phi) is 4.86. The van der Waals surface area contributed by atoms with Crippen molar-refractivity contribution < 1.29 is 18.7 Å². The lowest BCUT2D eigenvalue weighted by atomic mass is 10.0. The second-order valence-electron chi connectivity index (χ2n) is 6.92. The molecular weight excluding hydrogens is 393 g/mol. The molecule has 1 aromatic carbocycles. The monoisotopic (exact) mass is 411 g/mol. The number of rotatable bonds is 5. The normalized spacial score (nSPS) is 17.1. The highest BCUT2D eigenvalue weighted by atomic mass is 19.1. The third kappa shape index (κ3) is 3.56. The Hall–Kier alpha value is -3.89. The van der Waals surface area contributed by atoms with E-state index in [2.05, 4.69) is 20.4 Å². The first-order chi connectivity index (χ1) is 14.3. The molecule has 1 fully saturated rings. The van der Waals surface area contributed by atoms with E-state index in [9.17, 15) is 14.0 Å².